The first-order chi connectivity index (χ1) is 10.5. The van der Waals surface area contributed by atoms with Crippen LogP contribution in [0, 0.1) is 13.8 Å². The van der Waals surface area contributed by atoms with Gasteiger partial charge in [-0.25, -0.2) is 4.79 Å². The standard InChI is InChI=1S/C18H22N2O2/c1-12-9-10-15(13(2)11-12)14(3)19-18(21)20-16-7-5-6-8-17(16)22-4/h5-11,14H,1-4H3,(H2,19,20,21)/t14-/m0/s1. The summed E-state index contributed by atoms with van der Waals surface area (Å²) in [5.74, 6) is 0.636. The molecule has 0 bridgehead atoms. The summed E-state index contributed by atoms with van der Waals surface area (Å²) in [6.07, 6.45) is 0. The second-order valence-corrected chi connectivity index (χ2v) is 5.38. The zero-order valence-corrected chi connectivity index (χ0v) is 13.4. The molecule has 0 aliphatic heterocycles. The number of urea groups is 1. The van der Waals surface area contributed by atoms with Gasteiger partial charge >= 0.3 is 6.03 Å². The molecule has 4 heteroatoms. The van der Waals surface area contributed by atoms with Gasteiger partial charge in [0.05, 0.1) is 18.8 Å². The molecule has 0 aliphatic carbocycles. The van der Waals surface area contributed by atoms with E-state index in [4.69, 9.17) is 4.74 Å². The van der Waals surface area contributed by atoms with E-state index in [2.05, 4.69) is 42.7 Å². The van der Waals surface area contributed by atoms with Gasteiger partial charge in [0, 0.05) is 0 Å². The lowest BCUT2D eigenvalue weighted by Crippen LogP contribution is -2.31. The SMILES string of the molecule is COc1ccccc1NC(=O)N[C@@H](C)c1ccc(C)cc1C. The number of carbonyl (C=O) groups excluding carboxylic acids is 1. The number of anilines is 1. The molecule has 2 amide bonds. The molecule has 2 aromatic rings. The predicted molar refractivity (Wildman–Crippen MR) is 89.5 cm³/mol. The van der Waals surface area contributed by atoms with E-state index >= 15 is 0 Å². The second-order valence-electron chi connectivity index (χ2n) is 5.38. The molecule has 22 heavy (non-hydrogen) atoms. The number of aryl methyl sites for hydroxylation is 2. The lowest BCUT2D eigenvalue weighted by molar-refractivity contribution is 0.249. The van der Waals surface area contributed by atoms with Gasteiger partial charge in [0.25, 0.3) is 0 Å². The van der Waals surface area contributed by atoms with Crippen molar-refractivity contribution in [3.8, 4) is 5.75 Å². The van der Waals surface area contributed by atoms with E-state index < -0.39 is 0 Å². The summed E-state index contributed by atoms with van der Waals surface area (Å²) in [6.45, 7) is 6.08. The van der Waals surface area contributed by atoms with E-state index in [0.717, 1.165) is 5.56 Å². The third kappa shape index (κ3) is 3.79. The summed E-state index contributed by atoms with van der Waals surface area (Å²) in [5, 5.41) is 5.77. The van der Waals surface area contributed by atoms with Crippen LogP contribution in [-0.4, -0.2) is 13.1 Å². The van der Waals surface area contributed by atoms with E-state index in [0.29, 0.717) is 11.4 Å². The lowest BCUT2D eigenvalue weighted by Gasteiger charge is -2.18. The van der Waals surface area contributed by atoms with Crippen LogP contribution < -0.4 is 15.4 Å². The highest BCUT2D eigenvalue weighted by molar-refractivity contribution is 5.91. The first kappa shape index (κ1) is 15.9. The van der Waals surface area contributed by atoms with Gasteiger partial charge in [0.1, 0.15) is 5.75 Å². The fourth-order valence-electron chi connectivity index (χ4n) is 2.49. The zero-order valence-electron chi connectivity index (χ0n) is 13.4. The zero-order chi connectivity index (χ0) is 16.1. The van der Waals surface area contributed by atoms with Crippen molar-refractivity contribution in [2.75, 3.05) is 12.4 Å². The predicted octanol–water partition coefficient (Wildman–Crippen LogP) is 4.19. The number of carbonyl (C=O) groups is 1. The molecule has 2 aromatic carbocycles. The normalized spacial score (nSPS) is 11.6. The number of amides is 2. The van der Waals surface area contributed by atoms with E-state index in [-0.39, 0.29) is 12.1 Å². The molecule has 0 saturated carbocycles. The van der Waals surface area contributed by atoms with Crippen LogP contribution in [0.3, 0.4) is 0 Å². The van der Waals surface area contributed by atoms with E-state index in [9.17, 15) is 4.79 Å². The van der Waals surface area contributed by atoms with Crippen molar-refractivity contribution in [2.45, 2.75) is 26.8 Å². The fourth-order valence-corrected chi connectivity index (χ4v) is 2.49. The minimum atomic E-state index is -0.253. The van der Waals surface area contributed by atoms with Gasteiger partial charge in [-0.15, -0.1) is 0 Å². The molecular formula is C18H22N2O2. The molecule has 0 fully saturated rings. The summed E-state index contributed by atoms with van der Waals surface area (Å²) in [6, 6.07) is 13.2. The smallest absolute Gasteiger partial charge is 0.319 e. The van der Waals surface area contributed by atoms with Gasteiger partial charge in [0.15, 0.2) is 0 Å². The highest BCUT2D eigenvalue weighted by atomic mass is 16.5. The van der Waals surface area contributed by atoms with Crippen molar-refractivity contribution in [3.63, 3.8) is 0 Å². The van der Waals surface area contributed by atoms with Gasteiger partial charge < -0.3 is 15.4 Å². The lowest BCUT2D eigenvalue weighted by atomic mass is 10.0. The van der Waals surface area contributed by atoms with Crippen molar-refractivity contribution in [3.05, 3.63) is 59.2 Å². The third-order valence-corrected chi connectivity index (χ3v) is 3.59. The number of nitrogens with one attached hydrogen (secondary N) is 2. The monoisotopic (exact) mass is 298 g/mol. The third-order valence-electron chi connectivity index (χ3n) is 3.59. The second kappa shape index (κ2) is 6.98. The molecule has 116 valence electrons. The number of hydrogen-bond acceptors (Lipinski definition) is 2. The number of ether oxygens (including phenoxy) is 1. The topological polar surface area (TPSA) is 50.4 Å². The minimum absolute atomic E-state index is 0.0738. The molecule has 2 N–H and O–H groups in total. The number of hydrogen-bond donors (Lipinski definition) is 2. The maximum atomic E-state index is 12.2. The average Bonchev–Trinajstić information content (AvgIpc) is 2.47. The first-order valence-corrected chi connectivity index (χ1v) is 7.29. The molecule has 0 aromatic heterocycles. The van der Waals surface area contributed by atoms with Crippen LogP contribution in [0.1, 0.15) is 29.7 Å². The Balaban J connectivity index is 2.05. The Kier molecular flexibility index (Phi) is 5.04. The highest BCUT2D eigenvalue weighted by Gasteiger charge is 2.13. The summed E-state index contributed by atoms with van der Waals surface area (Å²) >= 11 is 0. The van der Waals surface area contributed by atoms with Gasteiger partial charge in [-0.05, 0) is 44.0 Å². The van der Waals surface area contributed by atoms with Crippen LogP contribution in [0.5, 0.6) is 5.75 Å². The maximum absolute atomic E-state index is 12.2. The summed E-state index contributed by atoms with van der Waals surface area (Å²) in [5.41, 5.74) is 4.15. The van der Waals surface area contributed by atoms with Crippen molar-refractivity contribution >= 4 is 11.7 Å². The minimum Gasteiger partial charge on any atom is -0.495 e. The molecule has 0 heterocycles. The molecular weight excluding hydrogens is 276 g/mol. The van der Waals surface area contributed by atoms with Gasteiger partial charge in [-0.1, -0.05) is 35.9 Å². The van der Waals surface area contributed by atoms with Gasteiger partial charge in [0.2, 0.25) is 0 Å². The van der Waals surface area contributed by atoms with Gasteiger partial charge in [-0.3, -0.25) is 0 Å². The average molecular weight is 298 g/mol. The molecule has 0 radical (unpaired) electrons. The van der Waals surface area contributed by atoms with Crippen LogP contribution in [-0.2, 0) is 0 Å². The van der Waals surface area contributed by atoms with Gasteiger partial charge in [-0.2, -0.15) is 0 Å². The Bertz CT molecular complexity index is 668. The van der Waals surface area contributed by atoms with Crippen LogP contribution >= 0.6 is 0 Å². The number of rotatable bonds is 4. The Morgan fingerprint density at radius 3 is 2.55 bits per heavy atom. The highest BCUT2D eigenvalue weighted by Crippen LogP contribution is 2.23. The van der Waals surface area contributed by atoms with Crippen LogP contribution in [0.15, 0.2) is 42.5 Å². The Morgan fingerprint density at radius 1 is 1.14 bits per heavy atom. The number of para-hydroxylation sites is 2. The quantitative estimate of drug-likeness (QED) is 0.889. The molecule has 0 unspecified atom stereocenters. The van der Waals surface area contributed by atoms with Crippen molar-refractivity contribution < 1.29 is 9.53 Å². The molecule has 0 spiro atoms. The molecule has 0 aliphatic rings. The van der Waals surface area contributed by atoms with E-state index in [1.165, 1.54) is 11.1 Å². The van der Waals surface area contributed by atoms with Crippen molar-refractivity contribution in [2.24, 2.45) is 0 Å². The molecule has 1 atom stereocenters. The number of methoxy groups -OCH3 is 1. The molecule has 2 rings (SSSR count). The van der Waals surface area contributed by atoms with E-state index in [1.54, 1.807) is 13.2 Å². The van der Waals surface area contributed by atoms with E-state index in [1.807, 2.05) is 25.1 Å². The Labute approximate surface area is 131 Å². The maximum Gasteiger partial charge on any atom is 0.319 e. The largest absolute Gasteiger partial charge is 0.495 e. The first-order valence-electron chi connectivity index (χ1n) is 7.29. The summed E-state index contributed by atoms with van der Waals surface area (Å²) < 4.78 is 5.23. The van der Waals surface area contributed by atoms with Crippen LogP contribution in [0.2, 0.25) is 0 Å². The Hall–Kier alpha value is -2.49. The Morgan fingerprint density at radius 2 is 1.86 bits per heavy atom. The fraction of sp³-hybridized carbons (Fsp3) is 0.278. The number of benzene rings is 2. The summed E-state index contributed by atoms with van der Waals surface area (Å²) in [4.78, 5) is 12.2. The molecule has 4 nitrogen and oxygen atoms in total. The van der Waals surface area contributed by atoms with Crippen LogP contribution in [0.25, 0.3) is 0 Å². The van der Waals surface area contributed by atoms with Crippen LogP contribution in [0.4, 0.5) is 10.5 Å². The summed E-state index contributed by atoms with van der Waals surface area (Å²) in [7, 11) is 1.58. The van der Waals surface area contributed by atoms with Crippen molar-refractivity contribution in [1.29, 1.82) is 0 Å². The van der Waals surface area contributed by atoms with Crippen molar-refractivity contribution in [1.82, 2.24) is 5.32 Å². The molecule has 0 saturated heterocycles.